The molecule has 0 unspecified atom stereocenters. The predicted molar refractivity (Wildman–Crippen MR) is 87.8 cm³/mol. The van der Waals surface area contributed by atoms with Gasteiger partial charge in [-0.15, -0.1) is 0 Å². The van der Waals surface area contributed by atoms with E-state index in [2.05, 4.69) is 5.32 Å². The van der Waals surface area contributed by atoms with E-state index in [1.165, 1.54) is 19.1 Å². The van der Waals surface area contributed by atoms with Gasteiger partial charge in [0, 0.05) is 0 Å². The average molecular weight is 352 g/mol. The van der Waals surface area contributed by atoms with Crippen LogP contribution in [0.25, 0.3) is 0 Å². The Morgan fingerprint density at radius 3 is 2.67 bits per heavy atom. The van der Waals surface area contributed by atoms with Crippen molar-refractivity contribution in [2.45, 2.75) is 20.0 Å². The van der Waals surface area contributed by atoms with E-state index in [0.29, 0.717) is 5.56 Å². The minimum Gasteiger partial charge on any atom is -0.507 e. The first-order valence-corrected chi connectivity index (χ1v) is 7.43. The summed E-state index contributed by atoms with van der Waals surface area (Å²) < 4.78 is 18.0. The van der Waals surface area contributed by atoms with Crippen LogP contribution in [0.1, 0.15) is 22.8 Å². The number of ether oxygens (including phenoxy) is 1. The van der Waals surface area contributed by atoms with Gasteiger partial charge in [0.25, 0.3) is 5.91 Å². The molecule has 24 heavy (non-hydrogen) atoms. The van der Waals surface area contributed by atoms with Crippen LogP contribution < -0.4 is 5.32 Å². The number of nitrogens with one attached hydrogen (secondary N) is 1. The molecule has 0 saturated carbocycles. The van der Waals surface area contributed by atoms with E-state index in [0.717, 1.165) is 12.1 Å². The Morgan fingerprint density at radius 2 is 2.00 bits per heavy atom. The van der Waals surface area contributed by atoms with Crippen molar-refractivity contribution in [3.63, 3.8) is 0 Å². The quantitative estimate of drug-likeness (QED) is 0.824. The van der Waals surface area contributed by atoms with Crippen molar-refractivity contribution in [1.29, 1.82) is 0 Å². The van der Waals surface area contributed by atoms with Crippen LogP contribution in [0, 0.1) is 12.7 Å². The first kappa shape index (κ1) is 17.7. The number of aromatic hydroxyl groups is 1. The molecule has 0 spiro atoms. The van der Waals surface area contributed by atoms with E-state index in [1.807, 2.05) is 0 Å². The molecule has 1 amide bonds. The first-order valence-electron chi connectivity index (χ1n) is 7.05. The SMILES string of the molecule is Cc1cccc(C(=O)O[C@@H](C)C(=O)Nc2ccc(F)cc2Cl)c1O. The van der Waals surface area contributed by atoms with Gasteiger partial charge in [0.2, 0.25) is 0 Å². The Balaban J connectivity index is 2.06. The third kappa shape index (κ3) is 4.02. The maximum atomic E-state index is 13.0. The number of rotatable bonds is 4. The van der Waals surface area contributed by atoms with Gasteiger partial charge >= 0.3 is 5.97 Å². The van der Waals surface area contributed by atoms with Crippen molar-refractivity contribution in [3.8, 4) is 5.75 Å². The summed E-state index contributed by atoms with van der Waals surface area (Å²) in [7, 11) is 0. The van der Waals surface area contributed by atoms with Crippen LogP contribution in [0.15, 0.2) is 36.4 Å². The molecule has 2 N–H and O–H groups in total. The second-order valence-corrected chi connectivity index (χ2v) is 5.54. The number of benzene rings is 2. The molecule has 0 aromatic heterocycles. The summed E-state index contributed by atoms with van der Waals surface area (Å²) in [5.74, 6) is -2.20. The Hall–Kier alpha value is -2.60. The number of anilines is 1. The number of halogens is 2. The molecule has 126 valence electrons. The molecule has 2 aromatic rings. The summed E-state index contributed by atoms with van der Waals surface area (Å²) in [5.41, 5.74) is 0.679. The molecular formula is C17H15ClFNO4. The minimum absolute atomic E-state index is 0.0261. The van der Waals surface area contributed by atoms with Crippen molar-refractivity contribution in [3.05, 3.63) is 58.4 Å². The van der Waals surface area contributed by atoms with Crippen LogP contribution in [0.2, 0.25) is 5.02 Å². The van der Waals surface area contributed by atoms with Crippen molar-refractivity contribution in [2.75, 3.05) is 5.32 Å². The number of hydrogen-bond donors (Lipinski definition) is 2. The zero-order valence-electron chi connectivity index (χ0n) is 13.0. The number of hydrogen-bond acceptors (Lipinski definition) is 4. The summed E-state index contributed by atoms with van der Waals surface area (Å²) >= 11 is 5.82. The van der Waals surface area contributed by atoms with Crippen molar-refractivity contribution < 1.29 is 23.8 Å². The van der Waals surface area contributed by atoms with E-state index in [9.17, 15) is 19.1 Å². The monoisotopic (exact) mass is 351 g/mol. The second kappa shape index (κ2) is 7.31. The Kier molecular flexibility index (Phi) is 5.41. The highest BCUT2D eigenvalue weighted by Gasteiger charge is 2.22. The first-order chi connectivity index (χ1) is 11.3. The minimum atomic E-state index is -1.14. The lowest BCUT2D eigenvalue weighted by Gasteiger charge is -2.15. The van der Waals surface area contributed by atoms with Gasteiger partial charge in [-0.3, -0.25) is 4.79 Å². The molecule has 0 saturated heterocycles. The normalized spacial score (nSPS) is 11.7. The van der Waals surface area contributed by atoms with Gasteiger partial charge in [0.1, 0.15) is 17.1 Å². The molecule has 7 heteroatoms. The van der Waals surface area contributed by atoms with E-state index in [1.54, 1.807) is 19.1 Å². The van der Waals surface area contributed by atoms with Gasteiger partial charge in [-0.2, -0.15) is 0 Å². The third-order valence-electron chi connectivity index (χ3n) is 3.30. The highest BCUT2D eigenvalue weighted by atomic mass is 35.5. The lowest BCUT2D eigenvalue weighted by Crippen LogP contribution is -2.30. The van der Waals surface area contributed by atoms with Gasteiger partial charge in [-0.05, 0) is 43.7 Å². The molecular weight excluding hydrogens is 337 g/mol. The van der Waals surface area contributed by atoms with Crippen LogP contribution in [-0.4, -0.2) is 23.1 Å². The highest BCUT2D eigenvalue weighted by molar-refractivity contribution is 6.33. The number of carbonyl (C=O) groups excluding carboxylic acids is 2. The number of phenolic OH excluding ortho intramolecular Hbond substituents is 1. The average Bonchev–Trinajstić information content (AvgIpc) is 2.52. The molecule has 0 heterocycles. The van der Waals surface area contributed by atoms with Crippen LogP contribution in [0.4, 0.5) is 10.1 Å². The van der Waals surface area contributed by atoms with E-state index in [-0.39, 0.29) is 22.0 Å². The van der Waals surface area contributed by atoms with Crippen LogP contribution >= 0.6 is 11.6 Å². The Labute approximate surface area is 143 Å². The topological polar surface area (TPSA) is 75.6 Å². The fourth-order valence-corrected chi connectivity index (χ4v) is 2.14. The lowest BCUT2D eigenvalue weighted by atomic mass is 10.1. The van der Waals surface area contributed by atoms with Crippen molar-refractivity contribution in [2.24, 2.45) is 0 Å². The number of esters is 1. The van der Waals surface area contributed by atoms with Crippen LogP contribution in [0.5, 0.6) is 5.75 Å². The maximum absolute atomic E-state index is 13.0. The van der Waals surface area contributed by atoms with Gasteiger partial charge in [0.15, 0.2) is 6.10 Å². The molecule has 1 atom stereocenters. The van der Waals surface area contributed by atoms with Gasteiger partial charge in [0.05, 0.1) is 10.7 Å². The smallest absolute Gasteiger partial charge is 0.342 e. The summed E-state index contributed by atoms with van der Waals surface area (Å²) in [6.45, 7) is 3.01. The highest BCUT2D eigenvalue weighted by Crippen LogP contribution is 2.24. The summed E-state index contributed by atoms with van der Waals surface area (Å²) in [6, 6.07) is 8.12. The fraction of sp³-hybridized carbons (Fsp3) is 0.176. The zero-order chi connectivity index (χ0) is 17.9. The third-order valence-corrected chi connectivity index (χ3v) is 3.61. The molecule has 0 fully saturated rings. The molecule has 0 aliphatic heterocycles. The zero-order valence-corrected chi connectivity index (χ0v) is 13.7. The molecule has 0 radical (unpaired) electrons. The largest absolute Gasteiger partial charge is 0.507 e. The summed E-state index contributed by atoms with van der Waals surface area (Å²) in [6.07, 6.45) is -1.14. The number of phenols is 1. The van der Waals surface area contributed by atoms with Gasteiger partial charge < -0.3 is 15.2 Å². The second-order valence-electron chi connectivity index (χ2n) is 5.13. The standard InChI is InChI=1S/C17H15ClFNO4/c1-9-4-3-5-12(15(9)21)17(23)24-10(2)16(22)20-14-7-6-11(19)8-13(14)18/h3-8,10,21H,1-2H3,(H,20,22)/t10-/m0/s1. The van der Waals surface area contributed by atoms with Crippen LogP contribution in [0.3, 0.4) is 0 Å². The number of carbonyl (C=O) groups is 2. The Bertz CT molecular complexity index is 794. The molecule has 0 aliphatic rings. The van der Waals surface area contributed by atoms with E-state index in [4.69, 9.17) is 16.3 Å². The van der Waals surface area contributed by atoms with Crippen LogP contribution in [-0.2, 0) is 9.53 Å². The fourth-order valence-electron chi connectivity index (χ4n) is 1.93. The molecule has 0 bridgehead atoms. The van der Waals surface area contributed by atoms with Gasteiger partial charge in [-0.25, -0.2) is 9.18 Å². The maximum Gasteiger partial charge on any atom is 0.342 e. The number of amides is 1. The predicted octanol–water partition coefficient (Wildman–Crippen LogP) is 3.68. The number of aryl methyl sites for hydroxylation is 1. The van der Waals surface area contributed by atoms with E-state index < -0.39 is 23.8 Å². The van der Waals surface area contributed by atoms with Crippen molar-refractivity contribution >= 4 is 29.2 Å². The molecule has 0 aliphatic carbocycles. The summed E-state index contributed by atoms with van der Waals surface area (Å²) in [4.78, 5) is 24.1. The summed E-state index contributed by atoms with van der Waals surface area (Å²) in [5, 5.41) is 12.3. The van der Waals surface area contributed by atoms with Gasteiger partial charge in [-0.1, -0.05) is 23.7 Å². The Morgan fingerprint density at radius 1 is 1.29 bits per heavy atom. The molecule has 2 rings (SSSR count). The lowest BCUT2D eigenvalue weighted by molar-refractivity contribution is -0.123. The van der Waals surface area contributed by atoms with Crippen molar-refractivity contribution in [1.82, 2.24) is 0 Å². The van der Waals surface area contributed by atoms with E-state index >= 15 is 0 Å². The molecule has 2 aromatic carbocycles. The number of para-hydroxylation sites is 1. The molecule has 5 nitrogen and oxygen atoms in total.